The van der Waals surface area contributed by atoms with Gasteiger partial charge in [-0.2, -0.15) is 0 Å². The van der Waals surface area contributed by atoms with Gasteiger partial charge >= 0.3 is 0 Å². The SMILES string of the molecule is Cc1ccc(/C=C\[S+]([O-])Cc2ccccc2)cc1. The Bertz CT molecular complexity index is 502. The third kappa shape index (κ3) is 4.06. The molecule has 1 atom stereocenters. The van der Waals surface area contributed by atoms with Crippen LogP contribution in [0.4, 0.5) is 0 Å². The van der Waals surface area contributed by atoms with Crippen LogP contribution in [0.2, 0.25) is 0 Å². The normalized spacial score (nSPS) is 12.8. The molecule has 0 fully saturated rings. The molecular weight excluding hydrogens is 240 g/mol. The molecule has 0 spiro atoms. The predicted octanol–water partition coefficient (Wildman–Crippen LogP) is 3.91. The molecule has 0 bridgehead atoms. The minimum atomic E-state index is -0.957. The molecule has 0 saturated carbocycles. The van der Waals surface area contributed by atoms with E-state index in [1.807, 2.05) is 48.5 Å². The van der Waals surface area contributed by atoms with Crippen LogP contribution in [0.1, 0.15) is 16.7 Å². The number of hydrogen-bond acceptors (Lipinski definition) is 1. The zero-order valence-electron chi connectivity index (χ0n) is 10.4. The Morgan fingerprint density at radius 2 is 1.67 bits per heavy atom. The lowest BCUT2D eigenvalue weighted by molar-refractivity contribution is 0.603. The Balaban J connectivity index is 1.95. The third-order valence-corrected chi connectivity index (χ3v) is 3.70. The second-order valence-corrected chi connectivity index (χ2v) is 5.55. The van der Waals surface area contributed by atoms with Crippen LogP contribution >= 0.6 is 0 Å². The smallest absolute Gasteiger partial charge is 0.135 e. The first-order valence-corrected chi connectivity index (χ1v) is 7.28. The van der Waals surface area contributed by atoms with E-state index in [0.29, 0.717) is 5.75 Å². The van der Waals surface area contributed by atoms with Crippen molar-refractivity contribution in [3.63, 3.8) is 0 Å². The predicted molar refractivity (Wildman–Crippen MR) is 78.5 cm³/mol. The summed E-state index contributed by atoms with van der Waals surface area (Å²) in [4.78, 5) is 0. The minimum Gasteiger partial charge on any atom is -0.612 e. The summed E-state index contributed by atoms with van der Waals surface area (Å²) in [6, 6.07) is 18.1. The summed E-state index contributed by atoms with van der Waals surface area (Å²) in [5.74, 6) is 0.573. The van der Waals surface area contributed by atoms with E-state index in [1.54, 1.807) is 5.41 Å². The van der Waals surface area contributed by atoms with Gasteiger partial charge in [0, 0.05) is 5.56 Å². The van der Waals surface area contributed by atoms with Crippen LogP contribution in [0.5, 0.6) is 0 Å². The maximum Gasteiger partial charge on any atom is 0.135 e. The summed E-state index contributed by atoms with van der Waals surface area (Å²) in [6.07, 6.45) is 1.92. The lowest BCUT2D eigenvalue weighted by Crippen LogP contribution is -1.99. The van der Waals surface area contributed by atoms with Gasteiger partial charge in [-0.3, -0.25) is 0 Å². The zero-order chi connectivity index (χ0) is 12.8. The molecular formula is C16H16OS. The third-order valence-electron chi connectivity index (χ3n) is 2.64. The topological polar surface area (TPSA) is 23.1 Å². The minimum absolute atomic E-state index is 0.573. The van der Waals surface area contributed by atoms with Gasteiger partial charge in [-0.05, 0) is 29.7 Å². The number of aryl methyl sites for hydroxylation is 1. The molecule has 0 heterocycles. The summed E-state index contributed by atoms with van der Waals surface area (Å²) in [7, 11) is 0. The van der Waals surface area contributed by atoms with Crippen LogP contribution in [0.3, 0.4) is 0 Å². The molecule has 0 aliphatic rings. The van der Waals surface area contributed by atoms with Crippen molar-refractivity contribution in [2.75, 3.05) is 0 Å². The van der Waals surface area contributed by atoms with Crippen LogP contribution in [0, 0.1) is 6.92 Å². The van der Waals surface area contributed by atoms with Gasteiger partial charge in [0.2, 0.25) is 0 Å². The number of rotatable bonds is 4. The highest BCUT2D eigenvalue weighted by Crippen LogP contribution is 2.10. The molecule has 18 heavy (non-hydrogen) atoms. The molecule has 2 rings (SSSR count). The molecule has 0 amide bonds. The molecule has 92 valence electrons. The van der Waals surface area contributed by atoms with Crippen molar-refractivity contribution in [3.8, 4) is 0 Å². The van der Waals surface area contributed by atoms with Crippen LogP contribution in [-0.4, -0.2) is 4.55 Å². The lowest BCUT2D eigenvalue weighted by Gasteiger charge is -2.05. The lowest BCUT2D eigenvalue weighted by atomic mass is 10.2. The van der Waals surface area contributed by atoms with E-state index >= 15 is 0 Å². The molecule has 0 aromatic heterocycles. The summed E-state index contributed by atoms with van der Waals surface area (Å²) in [5.41, 5.74) is 3.42. The van der Waals surface area contributed by atoms with Gasteiger partial charge in [-0.1, -0.05) is 60.2 Å². The molecule has 0 aliphatic heterocycles. The standard InChI is InChI=1S/C16H16OS/c1-14-7-9-15(10-8-14)11-12-18(17)13-16-5-3-2-4-6-16/h2-12H,13H2,1H3/b12-11-. The molecule has 2 heteroatoms. The summed E-state index contributed by atoms with van der Waals surface area (Å²) in [5, 5.41) is 1.76. The molecule has 0 N–H and O–H groups in total. The fraction of sp³-hybridized carbons (Fsp3) is 0.125. The zero-order valence-corrected chi connectivity index (χ0v) is 11.2. The Labute approximate surface area is 111 Å². The Morgan fingerprint density at radius 3 is 2.33 bits per heavy atom. The van der Waals surface area contributed by atoms with E-state index < -0.39 is 11.2 Å². The second-order valence-electron chi connectivity index (χ2n) is 4.22. The Hall–Kier alpha value is -1.51. The van der Waals surface area contributed by atoms with Crippen molar-refractivity contribution in [1.82, 2.24) is 0 Å². The molecule has 1 nitrogen and oxygen atoms in total. The highest BCUT2D eigenvalue weighted by molar-refractivity contribution is 7.93. The molecule has 0 saturated heterocycles. The van der Waals surface area contributed by atoms with Gasteiger partial charge in [0.25, 0.3) is 0 Å². The summed E-state index contributed by atoms with van der Waals surface area (Å²) < 4.78 is 11.9. The van der Waals surface area contributed by atoms with Crippen molar-refractivity contribution in [2.24, 2.45) is 0 Å². The van der Waals surface area contributed by atoms with E-state index in [0.717, 1.165) is 11.1 Å². The van der Waals surface area contributed by atoms with Crippen molar-refractivity contribution in [1.29, 1.82) is 0 Å². The fourth-order valence-electron chi connectivity index (χ4n) is 1.62. The average Bonchev–Trinajstić information content (AvgIpc) is 2.39. The summed E-state index contributed by atoms with van der Waals surface area (Å²) in [6.45, 7) is 2.06. The van der Waals surface area contributed by atoms with Crippen molar-refractivity contribution < 1.29 is 4.55 Å². The van der Waals surface area contributed by atoms with E-state index in [1.165, 1.54) is 5.56 Å². The van der Waals surface area contributed by atoms with Gasteiger partial charge in [-0.25, -0.2) is 0 Å². The van der Waals surface area contributed by atoms with Gasteiger partial charge in [0.15, 0.2) is 0 Å². The fourth-order valence-corrected chi connectivity index (χ4v) is 2.54. The number of hydrogen-bond donors (Lipinski definition) is 0. The van der Waals surface area contributed by atoms with Crippen LogP contribution in [0.25, 0.3) is 6.08 Å². The monoisotopic (exact) mass is 256 g/mol. The first-order chi connectivity index (χ1) is 8.74. The van der Waals surface area contributed by atoms with Gasteiger partial charge in [-0.15, -0.1) is 0 Å². The van der Waals surface area contributed by atoms with Crippen LogP contribution in [0.15, 0.2) is 60.0 Å². The van der Waals surface area contributed by atoms with Crippen molar-refractivity contribution in [2.45, 2.75) is 12.7 Å². The van der Waals surface area contributed by atoms with Crippen LogP contribution in [-0.2, 0) is 16.9 Å². The van der Waals surface area contributed by atoms with E-state index in [2.05, 4.69) is 19.1 Å². The molecule has 2 aromatic rings. The molecule has 1 unspecified atom stereocenters. The first kappa shape index (κ1) is 12.9. The van der Waals surface area contributed by atoms with Gasteiger partial charge in [0.05, 0.1) is 0 Å². The largest absolute Gasteiger partial charge is 0.612 e. The second kappa shape index (κ2) is 6.43. The Kier molecular flexibility index (Phi) is 4.62. The molecule has 2 aromatic carbocycles. The van der Waals surface area contributed by atoms with Gasteiger partial charge in [0.1, 0.15) is 11.2 Å². The highest BCUT2D eigenvalue weighted by Gasteiger charge is 2.02. The molecule has 0 aliphatic carbocycles. The van der Waals surface area contributed by atoms with E-state index in [-0.39, 0.29) is 0 Å². The quantitative estimate of drug-likeness (QED) is 0.760. The van der Waals surface area contributed by atoms with Crippen molar-refractivity contribution >= 4 is 17.3 Å². The maximum absolute atomic E-state index is 11.9. The van der Waals surface area contributed by atoms with Crippen LogP contribution < -0.4 is 0 Å². The summed E-state index contributed by atoms with van der Waals surface area (Å²) >= 11 is -0.957. The first-order valence-electron chi connectivity index (χ1n) is 5.90. The number of benzene rings is 2. The van der Waals surface area contributed by atoms with E-state index in [9.17, 15) is 4.55 Å². The van der Waals surface area contributed by atoms with Crippen molar-refractivity contribution in [3.05, 3.63) is 76.7 Å². The average molecular weight is 256 g/mol. The Morgan fingerprint density at radius 1 is 1.00 bits per heavy atom. The highest BCUT2D eigenvalue weighted by atomic mass is 32.2. The maximum atomic E-state index is 11.9. The molecule has 0 radical (unpaired) electrons. The van der Waals surface area contributed by atoms with Gasteiger partial charge < -0.3 is 4.55 Å². The van der Waals surface area contributed by atoms with E-state index in [4.69, 9.17) is 0 Å².